The summed E-state index contributed by atoms with van der Waals surface area (Å²) in [5, 5.41) is 3.34. The second-order valence-electron chi connectivity index (χ2n) is 5.12. The van der Waals surface area contributed by atoms with Crippen molar-refractivity contribution in [1.29, 1.82) is 0 Å². The monoisotopic (exact) mass is 312 g/mol. The first-order valence-corrected chi connectivity index (χ1v) is 7.57. The molecule has 0 amide bonds. The standard InChI is InChI=1S/C17H20N4O2/c1-4-7-19-17-20-13(11-16-18-8-9-21(16)17)12-5-6-14(22-2)15(10-12)23-3/h5-6,8-11H,4,7H2,1-3H3,(H,19,20). The predicted molar refractivity (Wildman–Crippen MR) is 90.3 cm³/mol. The molecule has 120 valence electrons. The molecule has 2 heterocycles. The van der Waals surface area contributed by atoms with Crippen molar-refractivity contribution < 1.29 is 9.47 Å². The van der Waals surface area contributed by atoms with Gasteiger partial charge in [0.2, 0.25) is 5.95 Å². The van der Waals surface area contributed by atoms with Gasteiger partial charge in [-0.3, -0.25) is 4.40 Å². The molecule has 0 aliphatic carbocycles. The highest BCUT2D eigenvalue weighted by Gasteiger charge is 2.11. The minimum absolute atomic E-state index is 0.679. The van der Waals surface area contributed by atoms with Crippen molar-refractivity contribution in [2.24, 2.45) is 0 Å². The van der Waals surface area contributed by atoms with E-state index in [4.69, 9.17) is 14.5 Å². The molecule has 3 aromatic rings. The van der Waals surface area contributed by atoms with E-state index in [2.05, 4.69) is 17.2 Å². The number of rotatable bonds is 6. The molecule has 0 aliphatic heterocycles. The van der Waals surface area contributed by atoms with Gasteiger partial charge in [0.25, 0.3) is 0 Å². The van der Waals surface area contributed by atoms with Crippen molar-refractivity contribution in [3.05, 3.63) is 36.7 Å². The molecular formula is C17H20N4O2. The van der Waals surface area contributed by atoms with Crippen molar-refractivity contribution in [2.75, 3.05) is 26.1 Å². The lowest BCUT2D eigenvalue weighted by Crippen LogP contribution is -2.07. The van der Waals surface area contributed by atoms with Gasteiger partial charge in [-0.25, -0.2) is 9.97 Å². The fourth-order valence-corrected chi connectivity index (χ4v) is 2.43. The highest BCUT2D eigenvalue weighted by Crippen LogP contribution is 2.32. The van der Waals surface area contributed by atoms with Crippen LogP contribution in [0.25, 0.3) is 16.9 Å². The van der Waals surface area contributed by atoms with Gasteiger partial charge in [0, 0.05) is 30.6 Å². The maximum absolute atomic E-state index is 5.38. The van der Waals surface area contributed by atoms with Gasteiger partial charge in [0.1, 0.15) is 5.65 Å². The van der Waals surface area contributed by atoms with Crippen molar-refractivity contribution in [1.82, 2.24) is 14.4 Å². The number of hydrogen-bond donors (Lipinski definition) is 1. The van der Waals surface area contributed by atoms with Crippen LogP contribution in [0.4, 0.5) is 5.95 Å². The van der Waals surface area contributed by atoms with Crippen molar-refractivity contribution in [3.8, 4) is 22.8 Å². The number of anilines is 1. The number of methoxy groups -OCH3 is 2. The van der Waals surface area contributed by atoms with E-state index in [1.165, 1.54) is 0 Å². The average Bonchev–Trinajstić information content (AvgIpc) is 3.07. The Bertz CT molecular complexity index is 813. The number of imidazole rings is 1. The molecule has 1 N–H and O–H groups in total. The maximum Gasteiger partial charge on any atom is 0.209 e. The first kappa shape index (κ1) is 15.1. The molecule has 0 saturated carbocycles. The molecule has 0 radical (unpaired) electrons. The summed E-state index contributed by atoms with van der Waals surface area (Å²) in [5.41, 5.74) is 2.64. The zero-order valence-electron chi connectivity index (χ0n) is 13.5. The highest BCUT2D eigenvalue weighted by atomic mass is 16.5. The van der Waals surface area contributed by atoms with E-state index in [-0.39, 0.29) is 0 Å². The third-order valence-corrected chi connectivity index (χ3v) is 3.60. The minimum atomic E-state index is 0.679. The smallest absolute Gasteiger partial charge is 0.209 e. The van der Waals surface area contributed by atoms with Crippen LogP contribution in [-0.4, -0.2) is 35.1 Å². The van der Waals surface area contributed by atoms with E-state index in [1.54, 1.807) is 20.4 Å². The lowest BCUT2D eigenvalue weighted by molar-refractivity contribution is 0.355. The molecule has 0 unspecified atom stereocenters. The third-order valence-electron chi connectivity index (χ3n) is 3.60. The van der Waals surface area contributed by atoms with Gasteiger partial charge < -0.3 is 14.8 Å². The normalized spacial score (nSPS) is 10.7. The summed E-state index contributed by atoms with van der Waals surface area (Å²) in [6, 6.07) is 7.72. The zero-order valence-corrected chi connectivity index (χ0v) is 13.5. The molecular weight excluding hydrogens is 292 g/mol. The number of nitrogens with one attached hydrogen (secondary N) is 1. The molecule has 0 spiro atoms. The van der Waals surface area contributed by atoms with Crippen LogP contribution < -0.4 is 14.8 Å². The summed E-state index contributed by atoms with van der Waals surface area (Å²) < 4.78 is 12.6. The molecule has 2 aromatic heterocycles. The lowest BCUT2D eigenvalue weighted by atomic mass is 10.1. The van der Waals surface area contributed by atoms with Crippen LogP contribution in [0.2, 0.25) is 0 Å². The van der Waals surface area contributed by atoms with Gasteiger partial charge >= 0.3 is 0 Å². The van der Waals surface area contributed by atoms with Crippen molar-refractivity contribution >= 4 is 11.6 Å². The predicted octanol–water partition coefficient (Wildman–Crippen LogP) is 3.24. The Balaban J connectivity index is 2.08. The number of nitrogens with zero attached hydrogens (tertiary/aromatic N) is 3. The SMILES string of the molecule is CCCNc1nc(-c2ccc(OC)c(OC)c2)cc2nccn12. The van der Waals surface area contributed by atoms with E-state index in [0.29, 0.717) is 11.5 Å². The van der Waals surface area contributed by atoms with Crippen LogP contribution in [0.5, 0.6) is 11.5 Å². The van der Waals surface area contributed by atoms with Gasteiger partial charge in [0.15, 0.2) is 11.5 Å². The van der Waals surface area contributed by atoms with Gasteiger partial charge in [-0.2, -0.15) is 0 Å². The van der Waals surface area contributed by atoms with Crippen LogP contribution >= 0.6 is 0 Å². The van der Waals surface area contributed by atoms with E-state index in [1.807, 2.05) is 34.9 Å². The number of fused-ring (bicyclic) bond motifs is 1. The Hall–Kier alpha value is -2.76. The number of benzene rings is 1. The Morgan fingerprint density at radius 3 is 2.70 bits per heavy atom. The van der Waals surface area contributed by atoms with Crippen molar-refractivity contribution in [2.45, 2.75) is 13.3 Å². The molecule has 0 atom stereocenters. The van der Waals surface area contributed by atoms with E-state index in [0.717, 1.165) is 35.8 Å². The first-order chi connectivity index (χ1) is 11.3. The van der Waals surface area contributed by atoms with Crippen molar-refractivity contribution in [3.63, 3.8) is 0 Å². The van der Waals surface area contributed by atoms with E-state index >= 15 is 0 Å². The Labute approximate surface area is 135 Å². The minimum Gasteiger partial charge on any atom is -0.493 e. The van der Waals surface area contributed by atoms with E-state index in [9.17, 15) is 0 Å². The zero-order chi connectivity index (χ0) is 16.2. The molecule has 0 fully saturated rings. The molecule has 1 aromatic carbocycles. The van der Waals surface area contributed by atoms with Crippen LogP contribution in [0.15, 0.2) is 36.7 Å². The molecule has 0 bridgehead atoms. The summed E-state index contributed by atoms with van der Waals surface area (Å²) in [6.45, 7) is 2.98. The first-order valence-electron chi connectivity index (χ1n) is 7.57. The van der Waals surface area contributed by atoms with Gasteiger partial charge in [-0.15, -0.1) is 0 Å². The van der Waals surface area contributed by atoms with E-state index < -0.39 is 0 Å². The topological polar surface area (TPSA) is 60.7 Å². The highest BCUT2D eigenvalue weighted by molar-refractivity contribution is 5.68. The molecule has 23 heavy (non-hydrogen) atoms. The quantitative estimate of drug-likeness (QED) is 0.757. The average molecular weight is 312 g/mol. The Morgan fingerprint density at radius 2 is 1.96 bits per heavy atom. The number of aromatic nitrogens is 3. The molecule has 3 rings (SSSR count). The van der Waals surface area contributed by atoms with Gasteiger partial charge in [-0.1, -0.05) is 6.92 Å². The van der Waals surface area contributed by atoms with Crippen LogP contribution in [-0.2, 0) is 0 Å². The molecule has 0 saturated heterocycles. The maximum atomic E-state index is 5.38. The fraction of sp³-hybridized carbons (Fsp3) is 0.294. The van der Waals surface area contributed by atoms with Crippen LogP contribution in [0, 0.1) is 0 Å². The van der Waals surface area contributed by atoms with Crippen LogP contribution in [0.1, 0.15) is 13.3 Å². The Kier molecular flexibility index (Phi) is 4.32. The second kappa shape index (κ2) is 6.56. The molecule has 0 aliphatic rings. The number of hydrogen-bond acceptors (Lipinski definition) is 5. The molecule has 6 heteroatoms. The summed E-state index contributed by atoms with van der Waals surface area (Å²) >= 11 is 0. The Morgan fingerprint density at radius 1 is 1.13 bits per heavy atom. The fourth-order valence-electron chi connectivity index (χ4n) is 2.43. The second-order valence-corrected chi connectivity index (χ2v) is 5.12. The molecule has 6 nitrogen and oxygen atoms in total. The summed E-state index contributed by atoms with van der Waals surface area (Å²) in [4.78, 5) is 9.10. The van der Waals surface area contributed by atoms with Gasteiger partial charge in [0.05, 0.1) is 19.9 Å². The summed E-state index contributed by atoms with van der Waals surface area (Å²) in [6.07, 6.45) is 4.70. The van der Waals surface area contributed by atoms with Crippen LogP contribution in [0.3, 0.4) is 0 Å². The van der Waals surface area contributed by atoms with Gasteiger partial charge in [-0.05, 0) is 24.6 Å². The number of ether oxygens (including phenoxy) is 2. The lowest BCUT2D eigenvalue weighted by Gasteiger charge is -2.12. The summed E-state index contributed by atoms with van der Waals surface area (Å²) in [5.74, 6) is 2.16. The summed E-state index contributed by atoms with van der Waals surface area (Å²) in [7, 11) is 3.25. The third kappa shape index (κ3) is 2.92. The largest absolute Gasteiger partial charge is 0.493 e.